The van der Waals surface area contributed by atoms with Crippen LogP contribution in [-0.2, 0) is 0 Å². The van der Waals surface area contributed by atoms with E-state index >= 15 is 0 Å². The minimum absolute atomic E-state index is 0.502. The number of hydrogen-bond acceptors (Lipinski definition) is 1. The van der Waals surface area contributed by atoms with Gasteiger partial charge < -0.3 is 5.32 Å². The second kappa shape index (κ2) is 12.2. The number of hydrogen-bond donors (Lipinski definition) is 1. The SMILES string of the molecule is CCCCCCCCCCCC(NC)c1ccc(Br)cc1. The molecule has 1 atom stereocenters. The van der Waals surface area contributed by atoms with Gasteiger partial charge in [-0.1, -0.05) is 92.8 Å². The maximum Gasteiger partial charge on any atom is 0.0317 e. The van der Waals surface area contributed by atoms with Crippen molar-refractivity contribution in [1.29, 1.82) is 0 Å². The summed E-state index contributed by atoms with van der Waals surface area (Å²) in [7, 11) is 2.07. The summed E-state index contributed by atoms with van der Waals surface area (Å²) >= 11 is 3.50. The average Bonchev–Trinajstić information content (AvgIpc) is 2.51. The number of nitrogens with one attached hydrogen (secondary N) is 1. The number of halogens is 1. The van der Waals surface area contributed by atoms with Crippen LogP contribution >= 0.6 is 15.9 Å². The molecule has 0 amide bonds. The van der Waals surface area contributed by atoms with Gasteiger partial charge in [0.15, 0.2) is 0 Å². The number of rotatable bonds is 12. The minimum atomic E-state index is 0.502. The molecule has 2 heteroatoms. The molecule has 0 fully saturated rings. The first kappa shape index (κ1) is 18.7. The molecule has 120 valence electrons. The van der Waals surface area contributed by atoms with Crippen LogP contribution in [0.4, 0.5) is 0 Å². The molecule has 0 aliphatic carbocycles. The van der Waals surface area contributed by atoms with Gasteiger partial charge in [-0.15, -0.1) is 0 Å². The zero-order chi connectivity index (χ0) is 15.3. The molecular weight excluding hydrogens is 322 g/mol. The smallest absolute Gasteiger partial charge is 0.0317 e. The monoisotopic (exact) mass is 353 g/mol. The van der Waals surface area contributed by atoms with E-state index < -0.39 is 0 Å². The van der Waals surface area contributed by atoms with Gasteiger partial charge in [0, 0.05) is 10.5 Å². The second-order valence-corrected chi connectivity index (χ2v) is 6.93. The fraction of sp³-hybridized carbons (Fsp3) is 0.684. The molecular formula is C19H32BrN. The van der Waals surface area contributed by atoms with Crippen LogP contribution < -0.4 is 5.32 Å². The standard InChI is InChI=1S/C19H32BrN/c1-3-4-5-6-7-8-9-10-11-12-19(21-2)17-13-15-18(20)16-14-17/h13-16,19,21H,3-12H2,1-2H3. The van der Waals surface area contributed by atoms with Gasteiger partial charge in [0.25, 0.3) is 0 Å². The highest BCUT2D eigenvalue weighted by molar-refractivity contribution is 9.10. The molecule has 0 aromatic heterocycles. The van der Waals surface area contributed by atoms with Gasteiger partial charge in [-0.3, -0.25) is 0 Å². The molecule has 0 saturated carbocycles. The van der Waals surface area contributed by atoms with Gasteiger partial charge in [-0.25, -0.2) is 0 Å². The fourth-order valence-corrected chi connectivity index (χ4v) is 3.10. The topological polar surface area (TPSA) is 12.0 Å². The van der Waals surface area contributed by atoms with Gasteiger partial charge in [0.05, 0.1) is 0 Å². The Hall–Kier alpha value is -0.340. The third kappa shape index (κ3) is 8.63. The van der Waals surface area contributed by atoms with Crippen LogP contribution in [0.3, 0.4) is 0 Å². The summed E-state index contributed by atoms with van der Waals surface area (Å²) < 4.78 is 1.16. The van der Waals surface area contributed by atoms with Crippen LogP contribution in [0.15, 0.2) is 28.7 Å². The number of benzene rings is 1. The van der Waals surface area contributed by atoms with Crippen LogP contribution in [-0.4, -0.2) is 7.05 Å². The molecule has 21 heavy (non-hydrogen) atoms. The van der Waals surface area contributed by atoms with Gasteiger partial charge in [0.2, 0.25) is 0 Å². The molecule has 0 saturated heterocycles. The average molecular weight is 354 g/mol. The Labute approximate surface area is 140 Å². The summed E-state index contributed by atoms with van der Waals surface area (Å²) in [6.45, 7) is 2.28. The lowest BCUT2D eigenvalue weighted by atomic mass is 9.99. The fourth-order valence-electron chi connectivity index (χ4n) is 2.83. The predicted molar refractivity (Wildman–Crippen MR) is 97.8 cm³/mol. The zero-order valence-electron chi connectivity index (χ0n) is 13.8. The van der Waals surface area contributed by atoms with Crippen molar-refractivity contribution in [1.82, 2.24) is 5.32 Å². The maximum absolute atomic E-state index is 3.50. The first-order valence-electron chi connectivity index (χ1n) is 8.70. The molecule has 1 rings (SSSR count). The van der Waals surface area contributed by atoms with E-state index in [1.165, 1.54) is 69.8 Å². The van der Waals surface area contributed by atoms with E-state index in [2.05, 4.69) is 59.5 Å². The molecule has 1 aromatic rings. The Morgan fingerprint density at radius 1 is 0.857 bits per heavy atom. The lowest BCUT2D eigenvalue weighted by Gasteiger charge is -2.16. The summed E-state index contributed by atoms with van der Waals surface area (Å²) in [5, 5.41) is 3.45. The van der Waals surface area contributed by atoms with Crippen LogP contribution in [0, 0.1) is 0 Å². The van der Waals surface area contributed by atoms with Crippen LogP contribution in [0.25, 0.3) is 0 Å². The molecule has 0 aliphatic rings. The van der Waals surface area contributed by atoms with E-state index in [0.717, 1.165) is 4.47 Å². The molecule has 0 aliphatic heterocycles. The highest BCUT2D eigenvalue weighted by Crippen LogP contribution is 2.22. The predicted octanol–water partition coefficient (Wildman–Crippen LogP) is 6.63. The highest BCUT2D eigenvalue weighted by atomic mass is 79.9. The third-order valence-electron chi connectivity index (χ3n) is 4.22. The Morgan fingerprint density at radius 3 is 1.90 bits per heavy atom. The van der Waals surface area contributed by atoms with E-state index in [1.807, 2.05) is 0 Å². The van der Waals surface area contributed by atoms with Crippen LogP contribution in [0.5, 0.6) is 0 Å². The van der Waals surface area contributed by atoms with E-state index in [4.69, 9.17) is 0 Å². The van der Waals surface area contributed by atoms with E-state index in [0.29, 0.717) is 6.04 Å². The van der Waals surface area contributed by atoms with Gasteiger partial charge in [-0.2, -0.15) is 0 Å². The van der Waals surface area contributed by atoms with E-state index in [9.17, 15) is 0 Å². The minimum Gasteiger partial charge on any atom is -0.313 e. The first-order chi connectivity index (χ1) is 10.3. The Kier molecular flexibility index (Phi) is 10.9. The lowest BCUT2D eigenvalue weighted by Crippen LogP contribution is -2.16. The van der Waals surface area contributed by atoms with Crippen molar-refractivity contribution in [2.75, 3.05) is 7.05 Å². The first-order valence-corrected chi connectivity index (χ1v) is 9.50. The maximum atomic E-state index is 3.50. The largest absolute Gasteiger partial charge is 0.313 e. The van der Waals surface area contributed by atoms with Crippen molar-refractivity contribution < 1.29 is 0 Å². The molecule has 1 nitrogen and oxygen atoms in total. The van der Waals surface area contributed by atoms with Crippen molar-refractivity contribution in [2.45, 2.75) is 77.2 Å². The van der Waals surface area contributed by atoms with Gasteiger partial charge in [0.1, 0.15) is 0 Å². The van der Waals surface area contributed by atoms with Gasteiger partial charge >= 0.3 is 0 Å². The highest BCUT2D eigenvalue weighted by Gasteiger charge is 2.08. The Balaban J connectivity index is 2.08. The molecule has 0 radical (unpaired) electrons. The van der Waals surface area contributed by atoms with Crippen molar-refractivity contribution in [3.63, 3.8) is 0 Å². The second-order valence-electron chi connectivity index (χ2n) is 6.01. The Bertz CT molecular complexity index is 347. The van der Waals surface area contributed by atoms with Crippen molar-refractivity contribution in [2.24, 2.45) is 0 Å². The molecule has 0 spiro atoms. The molecule has 1 unspecified atom stereocenters. The van der Waals surface area contributed by atoms with E-state index in [-0.39, 0.29) is 0 Å². The van der Waals surface area contributed by atoms with Crippen molar-refractivity contribution in [3.05, 3.63) is 34.3 Å². The van der Waals surface area contributed by atoms with Crippen molar-refractivity contribution in [3.8, 4) is 0 Å². The normalized spacial score (nSPS) is 12.5. The lowest BCUT2D eigenvalue weighted by molar-refractivity contribution is 0.493. The summed E-state index contributed by atoms with van der Waals surface area (Å²) in [6.07, 6.45) is 13.8. The Morgan fingerprint density at radius 2 is 1.38 bits per heavy atom. The van der Waals surface area contributed by atoms with Crippen LogP contribution in [0.1, 0.15) is 82.7 Å². The van der Waals surface area contributed by atoms with Crippen molar-refractivity contribution >= 4 is 15.9 Å². The molecule has 1 N–H and O–H groups in total. The molecule has 0 bridgehead atoms. The molecule has 1 aromatic carbocycles. The summed E-state index contributed by atoms with van der Waals surface area (Å²) in [5.74, 6) is 0. The quantitative estimate of drug-likeness (QED) is 0.415. The summed E-state index contributed by atoms with van der Waals surface area (Å²) in [6, 6.07) is 9.21. The van der Waals surface area contributed by atoms with E-state index in [1.54, 1.807) is 0 Å². The summed E-state index contributed by atoms with van der Waals surface area (Å²) in [5.41, 5.74) is 1.40. The van der Waals surface area contributed by atoms with Crippen LogP contribution in [0.2, 0.25) is 0 Å². The third-order valence-corrected chi connectivity index (χ3v) is 4.75. The number of unbranched alkanes of at least 4 members (excludes halogenated alkanes) is 8. The molecule has 0 heterocycles. The summed E-state index contributed by atoms with van der Waals surface area (Å²) in [4.78, 5) is 0. The zero-order valence-corrected chi connectivity index (χ0v) is 15.4. The van der Waals surface area contributed by atoms with Gasteiger partial charge in [-0.05, 0) is 31.2 Å².